The maximum Gasteiger partial charge on any atom is 0.338 e. The highest BCUT2D eigenvalue weighted by atomic mass is 35.5. The van der Waals surface area contributed by atoms with Crippen LogP contribution in [-0.4, -0.2) is 28.3 Å². The summed E-state index contributed by atoms with van der Waals surface area (Å²) in [6.45, 7) is 6.46. The van der Waals surface area contributed by atoms with Crippen molar-refractivity contribution < 1.29 is 14.3 Å². The Balaban J connectivity index is 1.73. The highest BCUT2D eigenvalue weighted by Crippen LogP contribution is 2.21. The van der Waals surface area contributed by atoms with Crippen LogP contribution in [0.2, 0.25) is 5.02 Å². The molecule has 0 fully saturated rings. The van der Waals surface area contributed by atoms with Crippen molar-refractivity contribution >= 4 is 29.2 Å². The van der Waals surface area contributed by atoms with E-state index >= 15 is 0 Å². The van der Waals surface area contributed by atoms with Crippen LogP contribution in [0.5, 0.6) is 0 Å². The van der Waals surface area contributed by atoms with Gasteiger partial charge in [0.05, 0.1) is 30.0 Å². The van der Waals surface area contributed by atoms with E-state index in [-0.39, 0.29) is 11.9 Å². The van der Waals surface area contributed by atoms with E-state index in [9.17, 15) is 9.59 Å². The maximum absolute atomic E-state index is 12.9. The highest BCUT2D eigenvalue weighted by molar-refractivity contribution is 6.31. The number of hydrogen-bond donors (Lipinski definition) is 1. The summed E-state index contributed by atoms with van der Waals surface area (Å²) in [6, 6.07) is 14.2. The van der Waals surface area contributed by atoms with Crippen molar-refractivity contribution in [3.05, 3.63) is 81.6 Å². The van der Waals surface area contributed by atoms with E-state index in [1.54, 1.807) is 35.9 Å². The molecule has 6 nitrogen and oxygen atoms in total. The van der Waals surface area contributed by atoms with Gasteiger partial charge in [0.2, 0.25) is 0 Å². The number of rotatable bonds is 7. The van der Waals surface area contributed by atoms with Crippen LogP contribution in [-0.2, 0) is 11.3 Å². The van der Waals surface area contributed by atoms with Crippen LogP contribution in [0.3, 0.4) is 0 Å². The molecule has 3 rings (SSSR count). The third-order valence-corrected chi connectivity index (χ3v) is 5.07. The van der Waals surface area contributed by atoms with Gasteiger partial charge in [-0.15, -0.1) is 0 Å². The van der Waals surface area contributed by atoms with Gasteiger partial charge in [-0.25, -0.2) is 4.79 Å². The number of hydrogen-bond acceptors (Lipinski definition) is 4. The molecule has 1 amide bonds. The fraction of sp³-hybridized carbons (Fsp3) is 0.261. The fourth-order valence-electron chi connectivity index (χ4n) is 3.13. The van der Waals surface area contributed by atoms with E-state index in [0.29, 0.717) is 40.7 Å². The maximum atomic E-state index is 12.9. The van der Waals surface area contributed by atoms with Crippen LogP contribution in [0.15, 0.2) is 48.5 Å². The number of aryl methyl sites for hydroxylation is 1. The summed E-state index contributed by atoms with van der Waals surface area (Å²) < 4.78 is 6.89. The second-order valence-corrected chi connectivity index (χ2v) is 7.37. The molecule has 0 aliphatic rings. The van der Waals surface area contributed by atoms with Crippen LogP contribution >= 0.6 is 11.6 Å². The molecule has 0 saturated carbocycles. The minimum atomic E-state index is -0.373. The monoisotopic (exact) mass is 425 g/mol. The zero-order valence-corrected chi connectivity index (χ0v) is 18.0. The Morgan fingerprint density at radius 2 is 1.80 bits per heavy atom. The van der Waals surface area contributed by atoms with Gasteiger partial charge in [-0.2, -0.15) is 5.10 Å². The molecule has 7 heteroatoms. The molecule has 0 bridgehead atoms. The van der Waals surface area contributed by atoms with E-state index in [0.717, 1.165) is 17.7 Å². The van der Waals surface area contributed by atoms with Crippen molar-refractivity contribution in [3.63, 3.8) is 0 Å². The largest absolute Gasteiger partial charge is 0.462 e. The van der Waals surface area contributed by atoms with Gasteiger partial charge in [-0.05, 0) is 56.2 Å². The number of carbonyl (C=O) groups is 2. The van der Waals surface area contributed by atoms with E-state index in [1.807, 2.05) is 38.1 Å². The van der Waals surface area contributed by atoms with Crippen LogP contribution < -0.4 is 5.32 Å². The minimum absolute atomic E-state index is 0.253. The number of benzene rings is 2. The topological polar surface area (TPSA) is 73.2 Å². The van der Waals surface area contributed by atoms with Crippen molar-refractivity contribution in [2.24, 2.45) is 0 Å². The molecule has 0 aliphatic carbocycles. The second-order valence-electron chi connectivity index (χ2n) is 6.96. The summed E-state index contributed by atoms with van der Waals surface area (Å²) in [5.41, 5.74) is 3.88. The molecule has 0 spiro atoms. The highest BCUT2D eigenvalue weighted by Gasteiger charge is 2.19. The predicted octanol–water partition coefficient (Wildman–Crippen LogP) is 5.02. The average Bonchev–Trinajstić information content (AvgIpc) is 3.01. The lowest BCUT2D eigenvalue weighted by atomic mass is 10.1. The summed E-state index contributed by atoms with van der Waals surface area (Å²) in [5, 5.41) is 8.04. The van der Waals surface area contributed by atoms with Gasteiger partial charge >= 0.3 is 5.97 Å². The van der Waals surface area contributed by atoms with Gasteiger partial charge < -0.3 is 10.1 Å². The third kappa shape index (κ3) is 4.89. The molecule has 3 aromatic rings. The van der Waals surface area contributed by atoms with Crippen LogP contribution in [0, 0.1) is 13.8 Å². The minimum Gasteiger partial charge on any atom is -0.462 e. The summed E-state index contributed by atoms with van der Waals surface area (Å²) in [5.74, 6) is -0.626. The van der Waals surface area contributed by atoms with Crippen molar-refractivity contribution in [1.29, 1.82) is 0 Å². The molecule has 0 saturated heterocycles. The molecule has 1 N–H and O–H groups in total. The van der Waals surface area contributed by atoms with Gasteiger partial charge in [-0.1, -0.05) is 36.7 Å². The zero-order valence-electron chi connectivity index (χ0n) is 17.2. The van der Waals surface area contributed by atoms with E-state index < -0.39 is 0 Å². The molecule has 2 aromatic carbocycles. The number of halogens is 1. The first kappa shape index (κ1) is 21.6. The van der Waals surface area contributed by atoms with Gasteiger partial charge in [0.25, 0.3) is 5.91 Å². The molecule has 1 heterocycles. The molecule has 0 unspecified atom stereocenters. The number of ether oxygens (including phenoxy) is 1. The number of anilines is 1. The molecule has 30 heavy (non-hydrogen) atoms. The van der Waals surface area contributed by atoms with Gasteiger partial charge in [0, 0.05) is 16.4 Å². The predicted molar refractivity (Wildman–Crippen MR) is 117 cm³/mol. The Labute approximate surface area is 180 Å². The number of carbonyl (C=O) groups excluding carboxylic acids is 2. The van der Waals surface area contributed by atoms with Crippen molar-refractivity contribution in [2.75, 3.05) is 11.9 Å². The fourth-order valence-corrected chi connectivity index (χ4v) is 3.32. The number of amides is 1. The van der Waals surface area contributed by atoms with Gasteiger partial charge in [-0.3, -0.25) is 9.48 Å². The van der Waals surface area contributed by atoms with Crippen LogP contribution in [0.1, 0.15) is 51.0 Å². The van der Waals surface area contributed by atoms with Gasteiger partial charge in [0.15, 0.2) is 0 Å². The summed E-state index contributed by atoms with van der Waals surface area (Å²) in [7, 11) is 0. The van der Waals surface area contributed by atoms with E-state index in [1.165, 1.54) is 0 Å². The molecule has 0 atom stereocenters. The Kier molecular flexibility index (Phi) is 6.90. The molecular weight excluding hydrogens is 402 g/mol. The summed E-state index contributed by atoms with van der Waals surface area (Å²) in [6.07, 6.45) is 0.767. The summed E-state index contributed by atoms with van der Waals surface area (Å²) in [4.78, 5) is 24.8. The number of nitrogens with one attached hydrogen (secondary N) is 1. The Hall–Kier alpha value is -3.12. The van der Waals surface area contributed by atoms with E-state index in [4.69, 9.17) is 16.3 Å². The SMILES string of the molecule is CCCOC(=O)c1ccc(NC(=O)c2c(C)nn(Cc3ccccc3Cl)c2C)cc1. The number of aromatic nitrogens is 2. The van der Waals surface area contributed by atoms with Crippen LogP contribution in [0.25, 0.3) is 0 Å². The first-order chi connectivity index (χ1) is 14.4. The molecule has 156 valence electrons. The first-order valence-corrected chi connectivity index (χ1v) is 10.1. The quantitative estimate of drug-likeness (QED) is 0.539. The normalized spacial score (nSPS) is 10.7. The third-order valence-electron chi connectivity index (χ3n) is 4.70. The first-order valence-electron chi connectivity index (χ1n) is 9.76. The Bertz CT molecular complexity index is 1060. The Morgan fingerprint density at radius 1 is 1.10 bits per heavy atom. The average molecular weight is 426 g/mol. The lowest BCUT2D eigenvalue weighted by Gasteiger charge is -2.09. The number of nitrogens with zero attached hydrogens (tertiary/aromatic N) is 2. The molecular formula is C23H24ClN3O3. The molecule has 0 aliphatic heterocycles. The van der Waals surface area contributed by atoms with Crippen LogP contribution in [0.4, 0.5) is 5.69 Å². The van der Waals surface area contributed by atoms with E-state index in [2.05, 4.69) is 10.4 Å². The summed E-state index contributed by atoms with van der Waals surface area (Å²) >= 11 is 6.25. The zero-order chi connectivity index (χ0) is 21.7. The molecule has 1 aromatic heterocycles. The lowest BCUT2D eigenvalue weighted by molar-refractivity contribution is 0.0505. The molecule has 0 radical (unpaired) electrons. The standard InChI is InChI=1S/C23H24ClN3O3/c1-4-13-30-23(29)17-9-11-19(12-10-17)25-22(28)21-15(2)26-27(16(21)3)14-18-7-5-6-8-20(18)24/h5-12H,4,13-14H2,1-3H3,(H,25,28). The van der Waals surface area contributed by atoms with Crippen molar-refractivity contribution in [3.8, 4) is 0 Å². The van der Waals surface area contributed by atoms with Crippen molar-refractivity contribution in [1.82, 2.24) is 9.78 Å². The van der Waals surface area contributed by atoms with Crippen molar-refractivity contribution in [2.45, 2.75) is 33.7 Å². The lowest BCUT2D eigenvalue weighted by Crippen LogP contribution is -2.14. The second kappa shape index (κ2) is 9.59. The Morgan fingerprint density at radius 3 is 2.47 bits per heavy atom. The van der Waals surface area contributed by atoms with Gasteiger partial charge in [0.1, 0.15) is 0 Å². The number of esters is 1. The smallest absolute Gasteiger partial charge is 0.338 e.